The Hall–Kier alpha value is -2.78. The minimum absolute atomic E-state index is 0.0502. The molecule has 2 aromatic rings. The lowest BCUT2D eigenvalue weighted by Gasteiger charge is -2.12. The summed E-state index contributed by atoms with van der Waals surface area (Å²) in [5.74, 6) is 0.888. The van der Waals surface area contributed by atoms with Crippen LogP contribution in [0.3, 0.4) is 0 Å². The van der Waals surface area contributed by atoms with E-state index in [1.165, 1.54) is 25.3 Å². The van der Waals surface area contributed by atoms with Gasteiger partial charge in [0.1, 0.15) is 10.6 Å². The third kappa shape index (κ3) is 3.69. The van der Waals surface area contributed by atoms with E-state index in [1.807, 2.05) is 0 Å². The van der Waals surface area contributed by atoms with E-state index in [0.717, 1.165) is 12.8 Å². The number of carbonyl (C=O) groups is 1. The zero-order chi connectivity index (χ0) is 19.0. The number of carbonyl (C=O) groups excluding carboxylic acids is 1. The van der Waals surface area contributed by atoms with Crippen LogP contribution in [0.15, 0.2) is 41.3 Å². The van der Waals surface area contributed by atoms with Crippen LogP contribution >= 0.6 is 0 Å². The van der Waals surface area contributed by atoms with Crippen LogP contribution in [0.1, 0.15) is 23.2 Å². The maximum Gasteiger partial charge on any atom is 0.255 e. The van der Waals surface area contributed by atoms with Gasteiger partial charge in [-0.2, -0.15) is 0 Å². The monoisotopic (exact) mass is 390 g/mol. The van der Waals surface area contributed by atoms with Gasteiger partial charge in [0, 0.05) is 23.4 Å². The lowest BCUT2D eigenvalue weighted by Crippen LogP contribution is -2.26. The van der Waals surface area contributed by atoms with Crippen LogP contribution in [0, 0.1) is 0 Å². The second-order valence-corrected chi connectivity index (χ2v) is 7.97. The molecular formula is C18H18N2O6S. The van der Waals surface area contributed by atoms with Gasteiger partial charge >= 0.3 is 0 Å². The van der Waals surface area contributed by atoms with E-state index in [0.29, 0.717) is 17.2 Å². The Balaban J connectivity index is 1.59. The zero-order valence-electron chi connectivity index (χ0n) is 14.5. The van der Waals surface area contributed by atoms with Crippen LogP contribution in [0.5, 0.6) is 17.2 Å². The van der Waals surface area contributed by atoms with Crippen LogP contribution in [0.2, 0.25) is 0 Å². The van der Waals surface area contributed by atoms with Gasteiger partial charge in [0.05, 0.1) is 7.11 Å². The summed E-state index contributed by atoms with van der Waals surface area (Å²) < 4.78 is 43.4. The number of nitrogens with one attached hydrogen (secondary N) is 2. The number of ether oxygens (including phenoxy) is 3. The highest BCUT2D eigenvalue weighted by atomic mass is 32.2. The van der Waals surface area contributed by atoms with Gasteiger partial charge in [-0.15, -0.1) is 0 Å². The Morgan fingerprint density at radius 1 is 1.11 bits per heavy atom. The average molecular weight is 390 g/mol. The first-order valence-electron chi connectivity index (χ1n) is 8.37. The summed E-state index contributed by atoms with van der Waals surface area (Å²) in [6.45, 7) is 0.139. The molecule has 0 spiro atoms. The van der Waals surface area contributed by atoms with Gasteiger partial charge in [-0.3, -0.25) is 4.79 Å². The van der Waals surface area contributed by atoms with E-state index < -0.39 is 15.9 Å². The predicted octanol–water partition coefficient (Wildman–Crippen LogP) is 2.12. The van der Waals surface area contributed by atoms with Gasteiger partial charge in [0.2, 0.25) is 16.8 Å². The molecule has 1 aliphatic carbocycles. The van der Waals surface area contributed by atoms with Gasteiger partial charge < -0.3 is 19.5 Å². The Kier molecular flexibility index (Phi) is 4.40. The molecule has 1 saturated carbocycles. The van der Waals surface area contributed by atoms with Crippen molar-refractivity contribution in [2.75, 3.05) is 19.2 Å². The molecule has 4 rings (SSSR count). The fraction of sp³-hybridized carbons (Fsp3) is 0.278. The van der Waals surface area contributed by atoms with Gasteiger partial charge in [-0.25, -0.2) is 13.1 Å². The van der Waals surface area contributed by atoms with E-state index in [1.54, 1.807) is 18.2 Å². The maximum absolute atomic E-state index is 12.6. The summed E-state index contributed by atoms with van der Waals surface area (Å²) in [6.07, 6.45) is 1.62. The summed E-state index contributed by atoms with van der Waals surface area (Å²) in [7, 11) is -2.38. The first-order valence-corrected chi connectivity index (χ1v) is 9.86. The zero-order valence-corrected chi connectivity index (χ0v) is 15.3. The molecule has 0 unspecified atom stereocenters. The van der Waals surface area contributed by atoms with Crippen molar-refractivity contribution in [1.82, 2.24) is 4.72 Å². The van der Waals surface area contributed by atoms with E-state index in [-0.39, 0.29) is 29.0 Å². The second kappa shape index (κ2) is 6.75. The molecule has 1 heterocycles. The first kappa shape index (κ1) is 17.6. The Morgan fingerprint density at radius 3 is 2.63 bits per heavy atom. The number of amides is 1. The molecule has 142 valence electrons. The molecule has 0 radical (unpaired) electrons. The number of benzene rings is 2. The number of hydrogen-bond donors (Lipinski definition) is 2. The maximum atomic E-state index is 12.6. The van der Waals surface area contributed by atoms with Crippen molar-refractivity contribution >= 4 is 21.6 Å². The quantitative estimate of drug-likeness (QED) is 0.783. The van der Waals surface area contributed by atoms with Crippen molar-refractivity contribution in [2.45, 2.75) is 23.8 Å². The Morgan fingerprint density at radius 2 is 1.89 bits per heavy atom. The minimum Gasteiger partial charge on any atom is -0.495 e. The molecule has 27 heavy (non-hydrogen) atoms. The van der Waals surface area contributed by atoms with Crippen molar-refractivity contribution in [1.29, 1.82) is 0 Å². The fourth-order valence-electron chi connectivity index (χ4n) is 2.69. The Labute approximate surface area is 156 Å². The van der Waals surface area contributed by atoms with Gasteiger partial charge in [0.25, 0.3) is 5.91 Å². The highest BCUT2D eigenvalue weighted by molar-refractivity contribution is 7.89. The number of fused-ring (bicyclic) bond motifs is 1. The van der Waals surface area contributed by atoms with Crippen molar-refractivity contribution < 1.29 is 27.4 Å². The summed E-state index contributed by atoms with van der Waals surface area (Å²) >= 11 is 0. The third-order valence-electron chi connectivity index (χ3n) is 4.24. The normalized spacial score (nSPS) is 15.4. The van der Waals surface area contributed by atoms with Crippen LogP contribution < -0.4 is 24.2 Å². The van der Waals surface area contributed by atoms with Crippen molar-refractivity contribution in [2.24, 2.45) is 0 Å². The summed E-state index contributed by atoms with van der Waals surface area (Å²) in [4.78, 5) is 12.5. The van der Waals surface area contributed by atoms with Crippen molar-refractivity contribution in [3.63, 3.8) is 0 Å². The van der Waals surface area contributed by atoms with Crippen molar-refractivity contribution in [3.8, 4) is 17.2 Å². The van der Waals surface area contributed by atoms with E-state index in [4.69, 9.17) is 14.2 Å². The molecule has 9 heteroatoms. The minimum atomic E-state index is -3.77. The first-order chi connectivity index (χ1) is 13.0. The predicted molar refractivity (Wildman–Crippen MR) is 96.9 cm³/mol. The van der Waals surface area contributed by atoms with E-state index >= 15 is 0 Å². The highest BCUT2D eigenvalue weighted by Gasteiger charge is 2.30. The molecule has 2 aliphatic rings. The third-order valence-corrected chi connectivity index (χ3v) is 5.79. The molecule has 8 nitrogen and oxygen atoms in total. The van der Waals surface area contributed by atoms with Crippen LogP contribution in [-0.4, -0.2) is 34.3 Å². The number of hydrogen-bond acceptors (Lipinski definition) is 6. The smallest absolute Gasteiger partial charge is 0.255 e. The number of anilines is 1. The molecule has 1 aliphatic heterocycles. The fourth-order valence-corrected chi connectivity index (χ4v) is 4.19. The van der Waals surface area contributed by atoms with Gasteiger partial charge in [-0.05, 0) is 43.2 Å². The highest BCUT2D eigenvalue weighted by Crippen LogP contribution is 2.34. The molecule has 0 atom stereocenters. The van der Waals surface area contributed by atoms with Crippen LogP contribution in [-0.2, 0) is 10.0 Å². The number of rotatable bonds is 6. The molecule has 1 amide bonds. The van der Waals surface area contributed by atoms with E-state index in [2.05, 4.69) is 10.0 Å². The topological polar surface area (TPSA) is 103 Å². The Bertz CT molecular complexity index is 1000. The SMILES string of the molecule is COc1ccc(C(=O)Nc2ccc3c(c2)OCO3)cc1S(=O)(=O)NC1CC1. The molecule has 0 saturated heterocycles. The largest absolute Gasteiger partial charge is 0.495 e. The molecule has 1 fully saturated rings. The van der Waals surface area contributed by atoms with E-state index in [9.17, 15) is 13.2 Å². The standard InChI is InChI=1S/C18H18N2O6S/c1-24-15-6-2-11(8-17(15)27(22,23)20-12-3-4-12)18(21)19-13-5-7-14-16(9-13)26-10-25-14/h2,5-9,12,20H,3-4,10H2,1H3,(H,19,21). The number of sulfonamides is 1. The lowest BCUT2D eigenvalue weighted by atomic mass is 10.2. The molecule has 0 bridgehead atoms. The average Bonchev–Trinajstić information content (AvgIpc) is 3.33. The van der Waals surface area contributed by atoms with Crippen molar-refractivity contribution in [3.05, 3.63) is 42.0 Å². The second-order valence-electron chi connectivity index (χ2n) is 6.28. The summed E-state index contributed by atoms with van der Waals surface area (Å²) in [5, 5.41) is 2.73. The molecule has 2 aromatic carbocycles. The van der Waals surface area contributed by atoms with Gasteiger partial charge in [-0.1, -0.05) is 0 Å². The molecule has 0 aromatic heterocycles. The van der Waals surface area contributed by atoms with Gasteiger partial charge in [0.15, 0.2) is 11.5 Å². The van der Waals surface area contributed by atoms with Crippen LogP contribution in [0.4, 0.5) is 5.69 Å². The summed E-state index contributed by atoms with van der Waals surface area (Å²) in [5.41, 5.74) is 0.713. The summed E-state index contributed by atoms with van der Waals surface area (Å²) in [6, 6.07) is 9.27. The molecule has 2 N–H and O–H groups in total. The lowest BCUT2D eigenvalue weighted by molar-refractivity contribution is 0.102. The number of methoxy groups -OCH3 is 1. The van der Waals surface area contributed by atoms with Crippen LogP contribution in [0.25, 0.3) is 0 Å². The molecular weight excluding hydrogens is 372 g/mol.